The largest absolute Gasteiger partial charge is 0.443 e. The number of oxazole rings is 1. The molecule has 0 saturated carbocycles. The molecule has 1 aliphatic carbocycles. The summed E-state index contributed by atoms with van der Waals surface area (Å²) in [6.45, 7) is 0.388. The number of aryl methyl sites for hydroxylation is 2. The molecule has 4 rings (SSSR count). The third-order valence-electron chi connectivity index (χ3n) is 4.07. The first-order valence-corrected chi connectivity index (χ1v) is 8.83. The molecule has 0 fully saturated rings. The Bertz CT molecular complexity index is 867. The Hall–Kier alpha value is -2.60. The summed E-state index contributed by atoms with van der Waals surface area (Å²) >= 11 is 1.60. The predicted octanol–water partition coefficient (Wildman–Crippen LogP) is 3.82. The van der Waals surface area contributed by atoms with Crippen LogP contribution in [0.15, 0.2) is 51.4 Å². The molecule has 3 N–H and O–H groups in total. The van der Waals surface area contributed by atoms with E-state index in [2.05, 4.69) is 33.5 Å². The Morgan fingerprint density at radius 1 is 1.29 bits per heavy atom. The quantitative estimate of drug-likeness (QED) is 0.560. The van der Waals surface area contributed by atoms with Crippen LogP contribution in [0.1, 0.15) is 23.2 Å². The normalized spacial score (nSPS) is 13.9. The Kier molecular flexibility index (Phi) is 4.04. The van der Waals surface area contributed by atoms with Gasteiger partial charge in [0.05, 0.1) is 11.4 Å². The number of nitrogens with one attached hydrogen (secondary N) is 1. The average molecular weight is 338 g/mol. The Labute approximate surface area is 144 Å². The fraction of sp³-hybridized carbons (Fsp3) is 0.222. The van der Waals surface area contributed by atoms with E-state index in [0.29, 0.717) is 18.4 Å². The number of hydrogen-bond acceptors (Lipinski definition) is 4. The van der Waals surface area contributed by atoms with Crippen LogP contribution in [-0.2, 0) is 19.4 Å². The van der Waals surface area contributed by atoms with Crippen molar-refractivity contribution in [2.75, 3.05) is 5.32 Å². The first kappa shape index (κ1) is 15.0. The van der Waals surface area contributed by atoms with Crippen molar-refractivity contribution in [3.63, 3.8) is 0 Å². The van der Waals surface area contributed by atoms with Crippen LogP contribution in [-0.4, -0.2) is 10.9 Å². The highest BCUT2D eigenvalue weighted by Crippen LogP contribution is 2.25. The highest BCUT2D eigenvalue weighted by atomic mass is 32.1. The maximum Gasteiger partial charge on any atom is 0.236 e. The third kappa shape index (κ3) is 3.19. The lowest BCUT2D eigenvalue weighted by Gasteiger charge is -2.07. The molecular formula is C18H18N4OS. The minimum absolute atomic E-state index is 0.383. The van der Waals surface area contributed by atoms with E-state index in [9.17, 15) is 0 Å². The second kappa shape index (κ2) is 6.49. The van der Waals surface area contributed by atoms with Gasteiger partial charge in [0.2, 0.25) is 5.89 Å². The molecule has 0 spiro atoms. The van der Waals surface area contributed by atoms with E-state index >= 15 is 0 Å². The number of anilines is 1. The molecule has 0 bridgehead atoms. The van der Waals surface area contributed by atoms with Gasteiger partial charge < -0.3 is 15.5 Å². The van der Waals surface area contributed by atoms with Crippen molar-refractivity contribution in [1.29, 1.82) is 0 Å². The monoisotopic (exact) mass is 338 g/mol. The Morgan fingerprint density at radius 2 is 2.21 bits per heavy atom. The van der Waals surface area contributed by atoms with Crippen LogP contribution in [0.5, 0.6) is 0 Å². The first-order chi connectivity index (χ1) is 11.8. The second-order valence-corrected chi connectivity index (χ2v) is 6.73. The van der Waals surface area contributed by atoms with Gasteiger partial charge in [0.15, 0.2) is 5.96 Å². The van der Waals surface area contributed by atoms with E-state index in [1.807, 2.05) is 17.5 Å². The summed E-state index contributed by atoms with van der Waals surface area (Å²) < 4.78 is 5.48. The minimum Gasteiger partial charge on any atom is -0.443 e. The summed E-state index contributed by atoms with van der Waals surface area (Å²) in [4.78, 5) is 9.78. The average Bonchev–Trinajstić information content (AvgIpc) is 3.32. The number of benzene rings is 1. The molecule has 24 heavy (non-hydrogen) atoms. The highest BCUT2D eigenvalue weighted by Gasteiger charge is 2.11. The number of nitrogens with two attached hydrogens (primary N) is 1. The second-order valence-electron chi connectivity index (χ2n) is 5.78. The molecule has 0 unspecified atom stereocenters. The lowest BCUT2D eigenvalue weighted by Crippen LogP contribution is -2.22. The maximum absolute atomic E-state index is 5.98. The van der Waals surface area contributed by atoms with Crippen LogP contribution in [0.3, 0.4) is 0 Å². The van der Waals surface area contributed by atoms with Gasteiger partial charge in [-0.1, -0.05) is 12.1 Å². The molecule has 2 aromatic heterocycles. The predicted molar refractivity (Wildman–Crippen MR) is 97.2 cm³/mol. The molecule has 122 valence electrons. The van der Waals surface area contributed by atoms with Crippen molar-refractivity contribution in [1.82, 2.24) is 4.98 Å². The van der Waals surface area contributed by atoms with Gasteiger partial charge in [0, 0.05) is 5.69 Å². The number of aromatic nitrogens is 1. The van der Waals surface area contributed by atoms with Gasteiger partial charge in [0.1, 0.15) is 12.0 Å². The number of hydrogen-bond donors (Lipinski definition) is 2. The molecule has 1 aromatic carbocycles. The van der Waals surface area contributed by atoms with E-state index in [1.54, 1.807) is 17.6 Å². The van der Waals surface area contributed by atoms with Gasteiger partial charge in [-0.2, -0.15) is 0 Å². The van der Waals surface area contributed by atoms with Gasteiger partial charge in [-0.15, -0.1) is 11.3 Å². The summed E-state index contributed by atoms with van der Waals surface area (Å²) in [5, 5.41) is 5.14. The van der Waals surface area contributed by atoms with Gasteiger partial charge in [-0.3, -0.25) is 0 Å². The third-order valence-corrected chi connectivity index (χ3v) is 4.92. The number of rotatable bonds is 4. The molecular weight excluding hydrogens is 320 g/mol. The van der Waals surface area contributed by atoms with Gasteiger partial charge in [0.25, 0.3) is 0 Å². The SMILES string of the molecule is NC(=NCc1coc(-c2cccs2)n1)Nc1ccc2c(c1)CCC2. The Morgan fingerprint density at radius 3 is 3.08 bits per heavy atom. The van der Waals surface area contributed by atoms with E-state index < -0.39 is 0 Å². The molecule has 6 heteroatoms. The van der Waals surface area contributed by atoms with Crippen LogP contribution in [0.4, 0.5) is 5.69 Å². The molecule has 0 saturated heterocycles. The minimum atomic E-state index is 0.383. The molecule has 0 radical (unpaired) electrons. The van der Waals surface area contributed by atoms with E-state index in [1.165, 1.54) is 24.0 Å². The maximum atomic E-state index is 5.98. The van der Waals surface area contributed by atoms with Crippen molar-refractivity contribution >= 4 is 23.0 Å². The van der Waals surface area contributed by atoms with Crippen molar-refractivity contribution < 1.29 is 4.42 Å². The standard InChI is InChI=1S/C18H18N4OS/c19-18(22-14-7-6-12-3-1-4-13(12)9-14)20-10-15-11-23-17(21-15)16-5-2-8-24-16/h2,5-9,11H,1,3-4,10H2,(H3,19,20,22). The van der Waals surface area contributed by atoms with E-state index in [0.717, 1.165) is 22.7 Å². The molecule has 5 nitrogen and oxygen atoms in total. The summed E-state index contributed by atoms with van der Waals surface area (Å²) in [6, 6.07) is 10.3. The fourth-order valence-electron chi connectivity index (χ4n) is 2.90. The summed E-state index contributed by atoms with van der Waals surface area (Å²) in [6.07, 6.45) is 5.19. The zero-order chi connectivity index (χ0) is 16.4. The van der Waals surface area contributed by atoms with Crippen LogP contribution < -0.4 is 11.1 Å². The Balaban J connectivity index is 1.40. The smallest absolute Gasteiger partial charge is 0.236 e. The van der Waals surface area contributed by atoms with E-state index in [-0.39, 0.29) is 0 Å². The van der Waals surface area contributed by atoms with Crippen LogP contribution >= 0.6 is 11.3 Å². The molecule has 1 aliphatic rings. The number of guanidine groups is 1. The van der Waals surface area contributed by atoms with Gasteiger partial charge in [-0.05, 0) is 54.0 Å². The number of nitrogens with zero attached hydrogens (tertiary/aromatic N) is 2. The van der Waals surface area contributed by atoms with Crippen molar-refractivity contribution in [2.24, 2.45) is 10.7 Å². The van der Waals surface area contributed by atoms with Crippen LogP contribution in [0.2, 0.25) is 0 Å². The molecule has 0 atom stereocenters. The molecule has 0 amide bonds. The van der Waals surface area contributed by atoms with Crippen molar-refractivity contribution in [3.05, 3.63) is 58.8 Å². The molecule has 3 aromatic rings. The summed E-state index contributed by atoms with van der Waals surface area (Å²) in [5.41, 5.74) is 10.6. The lowest BCUT2D eigenvalue weighted by atomic mass is 10.1. The van der Waals surface area contributed by atoms with Crippen LogP contribution in [0.25, 0.3) is 10.8 Å². The first-order valence-electron chi connectivity index (χ1n) is 7.95. The van der Waals surface area contributed by atoms with Gasteiger partial charge in [-0.25, -0.2) is 9.98 Å². The lowest BCUT2D eigenvalue weighted by molar-refractivity contribution is 0.574. The molecule has 2 heterocycles. The summed E-state index contributed by atoms with van der Waals surface area (Å²) in [7, 11) is 0. The van der Waals surface area contributed by atoms with Crippen molar-refractivity contribution in [3.8, 4) is 10.8 Å². The summed E-state index contributed by atoms with van der Waals surface area (Å²) in [5.74, 6) is 1.01. The molecule has 0 aliphatic heterocycles. The topological polar surface area (TPSA) is 76.4 Å². The fourth-order valence-corrected chi connectivity index (χ4v) is 3.55. The number of thiophene rings is 1. The van der Waals surface area contributed by atoms with Gasteiger partial charge >= 0.3 is 0 Å². The highest BCUT2D eigenvalue weighted by molar-refractivity contribution is 7.13. The zero-order valence-corrected chi connectivity index (χ0v) is 14.0. The van der Waals surface area contributed by atoms with E-state index in [4.69, 9.17) is 10.2 Å². The van der Waals surface area contributed by atoms with Crippen LogP contribution in [0, 0.1) is 0 Å². The van der Waals surface area contributed by atoms with Crippen molar-refractivity contribution in [2.45, 2.75) is 25.8 Å². The number of fused-ring (bicyclic) bond motifs is 1. The zero-order valence-electron chi connectivity index (χ0n) is 13.2. The number of aliphatic imine (C=N–C) groups is 1.